The van der Waals surface area contributed by atoms with E-state index in [1.54, 1.807) is 36.6 Å². The molecule has 0 N–H and O–H groups in total. The van der Waals surface area contributed by atoms with Crippen molar-refractivity contribution in [3.05, 3.63) is 64.7 Å². The molecule has 0 unspecified atom stereocenters. The van der Waals surface area contributed by atoms with Gasteiger partial charge in [0.2, 0.25) is 0 Å². The summed E-state index contributed by atoms with van der Waals surface area (Å²) in [4.78, 5) is 14.4. The van der Waals surface area contributed by atoms with Gasteiger partial charge in [0, 0.05) is 0 Å². The summed E-state index contributed by atoms with van der Waals surface area (Å²) in [6, 6.07) is 9.51. The Morgan fingerprint density at radius 3 is 2.71 bits per heavy atom. The van der Waals surface area contributed by atoms with E-state index >= 15 is 0 Å². The summed E-state index contributed by atoms with van der Waals surface area (Å²) < 4.78 is 18.6. The third-order valence-electron chi connectivity index (χ3n) is 2.94. The molecule has 1 aromatic carbocycles. The van der Waals surface area contributed by atoms with Crippen LogP contribution in [-0.4, -0.2) is 15.1 Å². The molecule has 0 aliphatic carbocycles. The van der Waals surface area contributed by atoms with E-state index in [1.165, 1.54) is 28.8 Å². The minimum atomic E-state index is -0.308. The normalized spacial score (nSPS) is 17.0. The van der Waals surface area contributed by atoms with Crippen LogP contribution in [0.4, 0.5) is 4.39 Å². The van der Waals surface area contributed by atoms with Crippen LogP contribution in [0.1, 0.15) is 11.3 Å². The Kier molecular flexibility index (Phi) is 3.90. The van der Waals surface area contributed by atoms with E-state index in [9.17, 15) is 9.18 Å². The summed E-state index contributed by atoms with van der Waals surface area (Å²) in [5, 5.41) is 0. The first-order valence-electron chi connectivity index (χ1n) is 6.17. The summed E-state index contributed by atoms with van der Waals surface area (Å²) >= 11 is 6.47. The Labute approximate surface area is 130 Å². The quantitative estimate of drug-likeness (QED) is 0.636. The molecule has 0 saturated carbocycles. The largest absolute Gasteiger partial charge is 0.467 e. The van der Waals surface area contributed by atoms with Crippen LogP contribution in [0.2, 0.25) is 0 Å². The smallest absolute Gasteiger partial charge is 0.266 e. The highest BCUT2D eigenvalue weighted by Crippen LogP contribution is 2.33. The van der Waals surface area contributed by atoms with Gasteiger partial charge in [-0.1, -0.05) is 36.1 Å². The fourth-order valence-electron chi connectivity index (χ4n) is 1.91. The number of hydrogen-bond acceptors (Lipinski definition) is 4. The summed E-state index contributed by atoms with van der Waals surface area (Å²) in [5.74, 6) is 0.206. The molecule has 2 heterocycles. The number of carbonyl (C=O) groups is 1. The van der Waals surface area contributed by atoms with Crippen molar-refractivity contribution in [3.8, 4) is 0 Å². The van der Waals surface area contributed by atoms with Crippen LogP contribution in [-0.2, 0) is 11.3 Å². The number of benzene rings is 1. The molecular formula is C15H10FNO2S2. The maximum absolute atomic E-state index is 12.9. The number of nitrogens with zero attached hydrogens (tertiary/aromatic N) is 1. The minimum Gasteiger partial charge on any atom is -0.467 e. The molecule has 0 radical (unpaired) electrons. The third kappa shape index (κ3) is 3.06. The number of carbonyl (C=O) groups excluding carboxylic acids is 1. The van der Waals surface area contributed by atoms with Gasteiger partial charge >= 0.3 is 0 Å². The lowest BCUT2D eigenvalue weighted by Gasteiger charge is -2.11. The first-order valence-corrected chi connectivity index (χ1v) is 7.39. The molecule has 1 fully saturated rings. The van der Waals surface area contributed by atoms with Crippen LogP contribution >= 0.6 is 24.0 Å². The van der Waals surface area contributed by atoms with Gasteiger partial charge in [0.15, 0.2) is 0 Å². The summed E-state index contributed by atoms with van der Waals surface area (Å²) in [7, 11) is 0. The monoisotopic (exact) mass is 319 g/mol. The van der Waals surface area contributed by atoms with Gasteiger partial charge in [-0.3, -0.25) is 9.69 Å². The molecule has 0 spiro atoms. The Hall–Kier alpha value is -1.92. The van der Waals surface area contributed by atoms with Crippen molar-refractivity contribution in [1.29, 1.82) is 0 Å². The van der Waals surface area contributed by atoms with E-state index in [0.717, 1.165) is 5.56 Å². The van der Waals surface area contributed by atoms with E-state index < -0.39 is 0 Å². The van der Waals surface area contributed by atoms with E-state index in [1.807, 2.05) is 0 Å². The molecule has 106 valence electrons. The summed E-state index contributed by atoms with van der Waals surface area (Å²) in [6.07, 6.45) is 3.27. The Bertz CT molecular complexity index is 708. The van der Waals surface area contributed by atoms with E-state index in [-0.39, 0.29) is 11.7 Å². The first kappa shape index (κ1) is 14.0. The van der Waals surface area contributed by atoms with Crippen LogP contribution in [0.15, 0.2) is 52.0 Å². The number of furan rings is 1. The Morgan fingerprint density at radius 2 is 2.05 bits per heavy atom. The van der Waals surface area contributed by atoms with Crippen molar-refractivity contribution in [3.63, 3.8) is 0 Å². The standard InChI is InChI=1S/C15H10FNO2S2/c16-11-5-3-10(4-6-11)8-13-14(18)17(15(20)21-13)9-12-2-1-7-19-12/h1-8H,9H2/b13-8-. The molecule has 0 atom stereocenters. The second-order valence-corrected chi connectivity index (χ2v) is 6.07. The lowest BCUT2D eigenvalue weighted by Crippen LogP contribution is -2.27. The predicted molar refractivity (Wildman–Crippen MR) is 83.8 cm³/mol. The highest BCUT2D eigenvalue weighted by atomic mass is 32.2. The highest BCUT2D eigenvalue weighted by Gasteiger charge is 2.32. The Morgan fingerprint density at radius 1 is 1.29 bits per heavy atom. The molecule has 1 amide bonds. The van der Waals surface area contributed by atoms with Crippen LogP contribution in [0.3, 0.4) is 0 Å². The highest BCUT2D eigenvalue weighted by molar-refractivity contribution is 8.26. The summed E-state index contributed by atoms with van der Waals surface area (Å²) in [6.45, 7) is 0.318. The molecule has 1 aromatic heterocycles. The van der Waals surface area contributed by atoms with Gasteiger partial charge in [-0.15, -0.1) is 0 Å². The van der Waals surface area contributed by atoms with Gasteiger partial charge in [0.05, 0.1) is 17.7 Å². The zero-order chi connectivity index (χ0) is 14.8. The van der Waals surface area contributed by atoms with Crippen molar-refractivity contribution in [2.45, 2.75) is 6.54 Å². The first-order chi connectivity index (χ1) is 10.1. The molecule has 6 heteroatoms. The molecule has 1 aliphatic heterocycles. The van der Waals surface area contributed by atoms with Crippen LogP contribution in [0.25, 0.3) is 6.08 Å². The fraction of sp³-hybridized carbons (Fsp3) is 0.0667. The number of amides is 1. The average Bonchev–Trinajstić information content (AvgIpc) is 3.06. The molecule has 21 heavy (non-hydrogen) atoms. The second kappa shape index (κ2) is 5.83. The number of hydrogen-bond donors (Lipinski definition) is 0. The fourth-order valence-corrected chi connectivity index (χ4v) is 3.16. The topological polar surface area (TPSA) is 33.5 Å². The summed E-state index contributed by atoms with van der Waals surface area (Å²) in [5.41, 5.74) is 0.759. The van der Waals surface area contributed by atoms with Crippen LogP contribution in [0, 0.1) is 5.82 Å². The minimum absolute atomic E-state index is 0.161. The van der Waals surface area contributed by atoms with Crippen molar-refractivity contribution in [1.82, 2.24) is 4.90 Å². The van der Waals surface area contributed by atoms with Gasteiger partial charge < -0.3 is 4.42 Å². The lowest BCUT2D eigenvalue weighted by atomic mass is 10.2. The number of thioether (sulfide) groups is 1. The zero-order valence-corrected chi connectivity index (χ0v) is 12.4. The zero-order valence-electron chi connectivity index (χ0n) is 10.8. The van der Waals surface area contributed by atoms with Crippen molar-refractivity contribution < 1.29 is 13.6 Å². The molecule has 0 bridgehead atoms. The van der Waals surface area contributed by atoms with Crippen molar-refractivity contribution in [2.75, 3.05) is 0 Å². The molecule has 3 nitrogen and oxygen atoms in total. The van der Waals surface area contributed by atoms with Crippen LogP contribution < -0.4 is 0 Å². The molecule has 1 aliphatic rings. The maximum atomic E-state index is 12.9. The van der Waals surface area contributed by atoms with Crippen molar-refractivity contribution >= 4 is 40.3 Å². The molecular weight excluding hydrogens is 309 g/mol. The van der Waals surface area contributed by atoms with Gasteiger partial charge in [0.25, 0.3) is 5.91 Å². The number of halogens is 1. The van der Waals surface area contributed by atoms with Crippen LogP contribution in [0.5, 0.6) is 0 Å². The SMILES string of the molecule is O=C1/C(=C/c2ccc(F)cc2)SC(=S)N1Cc1ccco1. The van der Waals surface area contributed by atoms with Gasteiger partial charge in [-0.25, -0.2) is 4.39 Å². The lowest BCUT2D eigenvalue weighted by molar-refractivity contribution is -0.122. The number of rotatable bonds is 3. The van der Waals surface area contributed by atoms with Gasteiger partial charge in [0.1, 0.15) is 15.9 Å². The van der Waals surface area contributed by atoms with Gasteiger partial charge in [-0.05, 0) is 35.9 Å². The molecule has 3 rings (SSSR count). The van der Waals surface area contributed by atoms with E-state index in [0.29, 0.717) is 21.5 Å². The van der Waals surface area contributed by atoms with E-state index in [4.69, 9.17) is 16.6 Å². The average molecular weight is 319 g/mol. The number of thiocarbonyl (C=S) groups is 1. The third-order valence-corrected chi connectivity index (χ3v) is 4.31. The van der Waals surface area contributed by atoms with Crippen molar-refractivity contribution in [2.24, 2.45) is 0 Å². The Balaban J connectivity index is 1.81. The second-order valence-electron chi connectivity index (χ2n) is 4.40. The molecule has 2 aromatic rings. The van der Waals surface area contributed by atoms with Gasteiger partial charge in [-0.2, -0.15) is 0 Å². The maximum Gasteiger partial charge on any atom is 0.266 e. The molecule has 1 saturated heterocycles. The van der Waals surface area contributed by atoms with E-state index in [2.05, 4.69) is 0 Å². The predicted octanol–water partition coefficient (Wildman–Crippen LogP) is 3.82.